The van der Waals surface area contributed by atoms with Crippen molar-refractivity contribution >= 4 is 59.0 Å². The number of nitrogens with zero attached hydrogens (tertiary/aromatic N) is 16. The van der Waals surface area contributed by atoms with Crippen molar-refractivity contribution in [1.82, 2.24) is 59.8 Å². The summed E-state index contributed by atoms with van der Waals surface area (Å²) in [6.45, 7) is 17.9. The minimum Gasteiger partial charge on any atom is -0.443 e. The fraction of sp³-hybridized carbons (Fsp3) is 0.367. The number of β-amino-alcohol motifs (C(OH)–C–C–N with tert-alkyl or cyclic N) is 3. The third-order valence-electron chi connectivity index (χ3n) is 19.5. The van der Waals surface area contributed by atoms with Crippen molar-refractivity contribution in [3.8, 4) is 63.4 Å². The summed E-state index contributed by atoms with van der Waals surface area (Å²) >= 11 is 6.23. The largest absolute Gasteiger partial charge is 0.443 e. The van der Waals surface area contributed by atoms with Crippen molar-refractivity contribution in [2.75, 3.05) is 75.3 Å². The second-order valence-electron chi connectivity index (χ2n) is 30.3. The number of rotatable bonds is 11. The fourth-order valence-corrected chi connectivity index (χ4v) is 14.4. The predicted octanol–water partition coefficient (Wildman–Crippen LogP) is 9.50. The number of amides is 5. The molecule has 0 unspecified atom stereocenters. The topological polar surface area (TPSA) is 395 Å². The van der Waals surface area contributed by atoms with Crippen molar-refractivity contribution in [3.05, 3.63) is 183 Å². The quantitative estimate of drug-likeness (QED) is 0.0804. The zero-order valence-corrected chi connectivity index (χ0v) is 64.8. The third kappa shape index (κ3) is 16.5. The molecule has 35 heteroatoms. The van der Waals surface area contributed by atoms with Gasteiger partial charge in [0.25, 0.3) is 17.7 Å². The Kier molecular flexibility index (Phi) is 22.6. The zero-order valence-electron chi connectivity index (χ0n) is 64.1. The molecule has 3 saturated heterocycles. The van der Waals surface area contributed by atoms with Crippen LogP contribution in [0, 0.1) is 51.4 Å². The Bertz CT molecular complexity index is 5410. The molecule has 0 spiro atoms. The maximum Gasteiger partial charge on any atom is 0.417 e. The number of anilines is 3. The molecule has 0 radical (unpaired) electrons. The van der Waals surface area contributed by atoms with E-state index in [0.717, 1.165) is 15.6 Å². The molecule has 0 bridgehead atoms. The summed E-state index contributed by atoms with van der Waals surface area (Å²) in [6, 6.07) is 28.1. The van der Waals surface area contributed by atoms with Gasteiger partial charge in [0.15, 0.2) is 11.6 Å². The molecule has 114 heavy (non-hydrogen) atoms. The number of nitriles is 3. The van der Waals surface area contributed by atoms with Gasteiger partial charge >= 0.3 is 12.2 Å². The summed E-state index contributed by atoms with van der Waals surface area (Å²) in [6.07, 6.45) is 2.43. The van der Waals surface area contributed by atoms with Gasteiger partial charge in [-0.05, 0) is 117 Å². The van der Waals surface area contributed by atoms with E-state index in [1.54, 1.807) is 113 Å². The van der Waals surface area contributed by atoms with Gasteiger partial charge in [0.05, 0.1) is 164 Å². The minimum atomic E-state index is -1.09. The van der Waals surface area contributed by atoms with Crippen LogP contribution in [0.1, 0.15) is 127 Å². The van der Waals surface area contributed by atoms with Crippen LogP contribution in [0.3, 0.4) is 0 Å². The Morgan fingerprint density at radius 2 is 0.930 bits per heavy atom. The van der Waals surface area contributed by atoms with Gasteiger partial charge in [-0.1, -0.05) is 29.8 Å². The lowest BCUT2D eigenvalue weighted by molar-refractivity contribution is -0.0473. The number of benzene rings is 3. The van der Waals surface area contributed by atoms with Crippen molar-refractivity contribution in [3.63, 3.8) is 0 Å². The van der Waals surface area contributed by atoms with E-state index >= 15 is 4.39 Å². The Balaban J connectivity index is 0.000000148. The van der Waals surface area contributed by atoms with Crippen LogP contribution in [0.5, 0.6) is 0 Å². The Labute approximate surface area is 657 Å². The van der Waals surface area contributed by atoms with Gasteiger partial charge < -0.3 is 59.0 Å². The smallest absolute Gasteiger partial charge is 0.417 e. The molecule has 5 N–H and O–H groups in total. The highest BCUT2D eigenvalue weighted by Gasteiger charge is 2.47. The number of ether oxygens (including phenoxy) is 5. The number of imide groups is 2. The van der Waals surface area contributed by atoms with Crippen molar-refractivity contribution in [2.24, 2.45) is 0 Å². The number of fused-ring (bicyclic) bond motifs is 3. The van der Waals surface area contributed by atoms with E-state index in [2.05, 4.69) is 40.7 Å². The van der Waals surface area contributed by atoms with E-state index in [9.17, 15) is 63.9 Å². The molecular formula is C79H80ClF3N18O13. The van der Waals surface area contributed by atoms with Crippen LogP contribution in [0.4, 0.5) is 40.2 Å². The summed E-state index contributed by atoms with van der Waals surface area (Å²) < 4.78 is 73.7. The Hall–Kier alpha value is -12.2. The van der Waals surface area contributed by atoms with E-state index in [0.29, 0.717) is 61.3 Å². The lowest BCUT2D eigenvalue weighted by atomic mass is 10.0. The number of aliphatic hydroxyl groups is 3. The van der Waals surface area contributed by atoms with Gasteiger partial charge in [-0.2, -0.15) is 31.1 Å². The number of aromatic amines is 1. The van der Waals surface area contributed by atoms with Crippen molar-refractivity contribution < 1.29 is 76.1 Å². The molecule has 3 fully saturated rings. The highest BCUT2D eigenvalue weighted by molar-refractivity contribution is 6.35. The zero-order chi connectivity index (χ0) is 82.4. The third-order valence-corrected chi connectivity index (χ3v) is 19.8. The number of hydrogen-bond acceptors (Lipinski definition) is 25. The van der Waals surface area contributed by atoms with Crippen LogP contribution < -0.4 is 20.0 Å². The number of nitrogens with one attached hydrogen (secondary N) is 2. The van der Waals surface area contributed by atoms with E-state index in [-0.39, 0.29) is 128 Å². The second kappa shape index (κ2) is 31.8. The monoisotopic (exact) mass is 1580 g/mol. The number of pyridine rings is 3. The molecule has 0 aliphatic carbocycles. The molecule has 6 aromatic heterocycles. The van der Waals surface area contributed by atoms with Crippen LogP contribution in [0.15, 0.2) is 110 Å². The molecule has 15 rings (SSSR count). The first-order chi connectivity index (χ1) is 53.9. The fourth-order valence-electron chi connectivity index (χ4n) is 14.1. The lowest BCUT2D eigenvalue weighted by Crippen LogP contribution is -2.39. The van der Waals surface area contributed by atoms with E-state index in [1.807, 2.05) is 39.0 Å². The van der Waals surface area contributed by atoms with E-state index in [4.69, 9.17) is 35.3 Å². The molecular weight excluding hydrogens is 1500 g/mol. The standard InChI is InChI=1S/C28H29FN6O5.C23H21FN6O3.C19H15ClFN3O3.C9H15N3O2/c1-27(2,3)40-26(37)34-13-19-24(25(34)36)20(11-18(31-19)23-16(12-30)7-6-8-17(23)29)35-10-9-22(32-35)33-14-21(39-5)28(4,38)15-33;1-23(32)12-29(11-18(23)33-2)19-6-7-30(28-19)17-8-15(27-16-10-26-22(31)21(16)17)20-13(9-25)4-3-5-14(20)24;1-19(2,3)27-18(26)24-9-14-16(17(24)25)11(20)7-13(23-14)15-10(8-22)5-4-6-12(15)21;1-9(13)6-12(5-7(9)14-2)8-3-4-10-11-8/h6-11,21,38H,13-15H2,1-5H3;3-8,18,32H,10-12H2,1-2H3,(H,26,31);4-7H,9H2,1-3H3;3-4,7,13H,5-6H2,1-2H3,(H,10,11)/t21-,28+;18-,23+;;7-,9+/m00.0/s1. The molecule has 31 nitrogen and oxygen atoms in total. The summed E-state index contributed by atoms with van der Waals surface area (Å²) in [5.41, 5.74) is -1.57. The molecule has 12 heterocycles. The van der Waals surface area contributed by atoms with Crippen LogP contribution in [0.2, 0.25) is 5.02 Å². The second-order valence-corrected chi connectivity index (χ2v) is 30.7. The molecule has 6 aliphatic rings. The maximum atomic E-state index is 15.0. The van der Waals surface area contributed by atoms with Crippen LogP contribution in [-0.4, -0.2) is 207 Å². The number of aromatic nitrogens is 9. The summed E-state index contributed by atoms with van der Waals surface area (Å²) in [7, 11) is 4.71. The Morgan fingerprint density at radius 1 is 0.544 bits per heavy atom. The Morgan fingerprint density at radius 3 is 1.32 bits per heavy atom. The highest BCUT2D eigenvalue weighted by atomic mass is 35.5. The maximum absolute atomic E-state index is 15.0. The number of carbonyl (C=O) groups is 5. The number of carbonyl (C=O) groups excluding carboxylic acids is 5. The average molecular weight is 1580 g/mol. The SMILES string of the molecule is CC(C)(C)OC(=O)N1Cc2nc(-c3c(F)cccc3C#N)cc(Cl)c2C1=O.CO[C@H]1CN(c2ccn(-c3cc(-c4c(F)cccc4C#N)nc4c3C(=O)N(C(=O)OC(C)(C)C)C4)n2)C[C@@]1(C)O.CO[C@H]1CN(c2ccn(-c3cc(-c4c(F)cccc4C#N)nc4c3C(=O)NC4)n2)C[C@@]1(C)O.CO[C@H]1CN(c2ccn[nH]2)C[C@@]1(C)O. The normalized spacial score (nSPS) is 20.6. The highest BCUT2D eigenvalue weighted by Crippen LogP contribution is 2.40. The first-order valence-electron chi connectivity index (χ1n) is 35.7. The molecule has 0 saturated carbocycles. The van der Waals surface area contributed by atoms with Crippen LogP contribution in [-0.2, 0) is 43.3 Å². The van der Waals surface area contributed by atoms with Gasteiger partial charge in [0.2, 0.25) is 0 Å². The van der Waals surface area contributed by atoms with E-state index in [1.165, 1.54) is 83.2 Å². The number of H-pyrrole nitrogens is 1. The van der Waals surface area contributed by atoms with Gasteiger partial charge in [0.1, 0.15) is 69.6 Å². The first-order valence-corrected chi connectivity index (χ1v) is 36.1. The number of methoxy groups -OCH3 is 3. The first kappa shape index (κ1) is 81.3. The average Bonchev–Trinajstić information content (AvgIpc) is 1.63. The molecule has 6 atom stereocenters. The van der Waals surface area contributed by atoms with Crippen LogP contribution >= 0.6 is 11.6 Å². The molecule has 9 aromatic rings. The number of halogens is 4. The molecule has 6 aliphatic heterocycles. The minimum absolute atomic E-state index is 0.00660. The summed E-state index contributed by atoms with van der Waals surface area (Å²) in [5, 5.41) is 78.4. The summed E-state index contributed by atoms with van der Waals surface area (Å²) in [5.74, 6) is -1.38. The van der Waals surface area contributed by atoms with Gasteiger partial charge in [-0.25, -0.2) is 56.9 Å². The van der Waals surface area contributed by atoms with E-state index < -0.39 is 75.6 Å². The van der Waals surface area contributed by atoms with Gasteiger partial charge in [-0.3, -0.25) is 19.5 Å². The molecule has 3 aromatic carbocycles. The molecule has 5 amide bonds. The molecule has 592 valence electrons. The van der Waals surface area contributed by atoms with Gasteiger partial charge in [0, 0.05) is 71.6 Å². The lowest BCUT2D eigenvalue weighted by Gasteiger charge is -2.23. The van der Waals surface area contributed by atoms with Crippen LogP contribution in [0.25, 0.3) is 45.1 Å². The van der Waals surface area contributed by atoms with Crippen molar-refractivity contribution in [1.29, 1.82) is 15.8 Å². The summed E-state index contributed by atoms with van der Waals surface area (Å²) in [4.78, 5) is 84.7. The number of hydrogen-bond donors (Lipinski definition) is 5. The van der Waals surface area contributed by atoms with Gasteiger partial charge in [-0.15, -0.1) is 0 Å². The predicted molar refractivity (Wildman–Crippen MR) is 405 cm³/mol. The van der Waals surface area contributed by atoms with Crippen molar-refractivity contribution in [2.45, 2.75) is 128 Å².